The molecule has 0 N–H and O–H groups in total. The highest BCUT2D eigenvalue weighted by molar-refractivity contribution is 7.92. The number of carbonyl (C=O) groups excluding carboxylic acids is 1. The first-order valence-electron chi connectivity index (χ1n) is 15.7. The summed E-state index contributed by atoms with van der Waals surface area (Å²) in [6.07, 6.45) is -11.1. The molecule has 3 aromatic rings. The van der Waals surface area contributed by atoms with Gasteiger partial charge >= 0.3 is 12.4 Å². The van der Waals surface area contributed by atoms with Crippen molar-refractivity contribution in [2.75, 3.05) is 32.7 Å². The van der Waals surface area contributed by atoms with Crippen LogP contribution in [0.3, 0.4) is 0 Å². The molecule has 0 amide bonds. The molecule has 1 heterocycles. The first-order chi connectivity index (χ1) is 23.5. The number of halogens is 9. The van der Waals surface area contributed by atoms with Crippen molar-refractivity contribution in [2.24, 2.45) is 0 Å². The van der Waals surface area contributed by atoms with E-state index in [0.717, 1.165) is 48.8 Å². The number of rotatable bonds is 10. The number of hydrogen-bond donors (Lipinski definition) is 0. The summed E-state index contributed by atoms with van der Waals surface area (Å²) in [5, 5.41) is 0. The van der Waals surface area contributed by atoms with Gasteiger partial charge in [0.1, 0.15) is 28.5 Å². The Bertz CT molecular complexity index is 1710. The molecule has 0 atom stereocenters. The molecule has 2 fully saturated rings. The van der Waals surface area contributed by atoms with Gasteiger partial charge in [0.2, 0.25) is 0 Å². The quantitative estimate of drug-likeness (QED) is 0.126. The third kappa shape index (κ3) is 6.91. The molecule has 5 rings (SSSR count). The van der Waals surface area contributed by atoms with Gasteiger partial charge in [-0.25, -0.2) is 21.6 Å². The van der Waals surface area contributed by atoms with E-state index in [1.54, 1.807) is 0 Å². The molecule has 272 valence electrons. The second-order valence-electron chi connectivity index (χ2n) is 12.4. The van der Waals surface area contributed by atoms with Gasteiger partial charge in [-0.05, 0) is 67.6 Å². The van der Waals surface area contributed by atoms with Crippen LogP contribution in [0, 0.1) is 17.5 Å². The van der Waals surface area contributed by atoms with Crippen LogP contribution < -0.4 is 0 Å². The monoisotopic (exact) mass is 736 g/mol. The zero-order valence-electron chi connectivity index (χ0n) is 26.4. The molecule has 0 unspecified atom stereocenters. The number of nitrogens with zero attached hydrogens (tertiary/aromatic N) is 2. The largest absolute Gasteiger partial charge is 0.430 e. The lowest BCUT2D eigenvalue weighted by Gasteiger charge is -2.45. The molecular weight excluding hydrogens is 703 g/mol. The van der Waals surface area contributed by atoms with Crippen LogP contribution in [0.2, 0.25) is 0 Å². The van der Waals surface area contributed by atoms with Crippen LogP contribution in [0.25, 0.3) is 0 Å². The molecule has 50 heavy (non-hydrogen) atoms. The van der Waals surface area contributed by atoms with Crippen molar-refractivity contribution in [1.29, 1.82) is 0 Å². The van der Waals surface area contributed by atoms with Gasteiger partial charge < -0.3 is 9.53 Å². The summed E-state index contributed by atoms with van der Waals surface area (Å²) in [6, 6.07) is 8.75. The maximum absolute atomic E-state index is 14.5. The molecule has 16 heteroatoms. The van der Waals surface area contributed by atoms with Crippen molar-refractivity contribution >= 4 is 16.1 Å². The Morgan fingerprint density at radius 3 is 1.82 bits per heavy atom. The first kappa shape index (κ1) is 37.8. The number of aldehydes is 1. The van der Waals surface area contributed by atoms with E-state index in [2.05, 4.69) is 9.64 Å². The summed E-state index contributed by atoms with van der Waals surface area (Å²) < 4.78 is 161. The molecule has 1 aliphatic carbocycles. The Morgan fingerprint density at radius 2 is 1.32 bits per heavy atom. The molecule has 2 aliphatic rings. The van der Waals surface area contributed by atoms with Gasteiger partial charge in [-0.2, -0.15) is 26.3 Å². The van der Waals surface area contributed by atoms with Gasteiger partial charge in [0.25, 0.3) is 5.60 Å². The fourth-order valence-corrected chi connectivity index (χ4v) is 9.16. The highest BCUT2D eigenvalue weighted by atomic mass is 32.2. The maximum atomic E-state index is 14.5. The summed E-state index contributed by atoms with van der Waals surface area (Å²) in [7, 11) is -4.42. The zero-order valence-corrected chi connectivity index (χ0v) is 27.2. The van der Waals surface area contributed by atoms with Gasteiger partial charge in [-0.15, -0.1) is 0 Å². The summed E-state index contributed by atoms with van der Waals surface area (Å²) in [4.78, 5) is 14.8. The smallest absolute Gasteiger partial charge is 0.349 e. The standard InChI is InChI=1S/C34H33F9N2O4S/c35-25-8-10-27(11-9-25)50(47,48)31(14-12-26(13-15-31)45-18-16-44(17-19-45)20-21-46)23-4-6-24(7-5-23)32(33(38,39)40,34(41,42)43)49-22-28-29(36)2-1-3-30(28)37/h1-11,21,26H,12-20,22H2. The number of ether oxygens (including phenoxy) is 1. The number of piperazine rings is 1. The third-order valence-corrected chi connectivity index (χ3v) is 12.3. The van der Waals surface area contributed by atoms with Gasteiger partial charge in [-0.1, -0.05) is 30.3 Å². The molecular formula is C34H33F9N2O4S. The Hall–Kier alpha value is -3.47. The number of alkyl halides is 6. The number of benzene rings is 3. The van der Waals surface area contributed by atoms with Crippen molar-refractivity contribution in [3.63, 3.8) is 0 Å². The second kappa shape index (κ2) is 14.3. The Morgan fingerprint density at radius 1 is 0.780 bits per heavy atom. The summed E-state index contributed by atoms with van der Waals surface area (Å²) in [5.41, 5.74) is -7.75. The van der Waals surface area contributed by atoms with Gasteiger partial charge in [-0.3, -0.25) is 9.80 Å². The fourth-order valence-electron chi connectivity index (χ4n) is 7.00. The minimum absolute atomic E-state index is 0.0575. The normalized spacial score (nSPS) is 21.7. The van der Waals surface area contributed by atoms with E-state index < -0.39 is 67.7 Å². The van der Waals surface area contributed by atoms with E-state index in [1.807, 2.05) is 4.90 Å². The molecule has 0 bridgehead atoms. The van der Waals surface area contributed by atoms with Gasteiger partial charge in [0.05, 0.1) is 18.0 Å². The third-order valence-electron chi connectivity index (χ3n) is 9.77. The lowest BCUT2D eigenvalue weighted by molar-refractivity contribution is -0.392. The average molecular weight is 737 g/mol. The van der Waals surface area contributed by atoms with Crippen LogP contribution in [0.5, 0.6) is 0 Å². The topological polar surface area (TPSA) is 66.9 Å². The van der Waals surface area contributed by atoms with Crippen LogP contribution in [0.1, 0.15) is 42.4 Å². The van der Waals surface area contributed by atoms with E-state index in [1.165, 1.54) is 0 Å². The van der Waals surface area contributed by atoms with E-state index in [0.29, 0.717) is 63.3 Å². The molecule has 3 aromatic carbocycles. The minimum Gasteiger partial charge on any atom is -0.349 e. The molecule has 0 aromatic heterocycles. The molecule has 0 radical (unpaired) electrons. The maximum Gasteiger partial charge on any atom is 0.430 e. The van der Waals surface area contributed by atoms with Crippen molar-refractivity contribution in [3.8, 4) is 0 Å². The molecule has 0 spiro atoms. The minimum atomic E-state index is -6.18. The molecule has 1 aliphatic heterocycles. The SMILES string of the molecule is O=CCN1CCN(C2CCC(c3ccc(C(OCc4c(F)cccc4F)(C(F)(F)F)C(F)(F)F)cc3)(S(=O)(=O)c3ccc(F)cc3)CC2)CC1. The average Bonchev–Trinajstić information content (AvgIpc) is 3.06. The Balaban J connectivity index is 1.53. The summed E-state index contributed by atoms with van der Waals surface area (Å²) in [5.74, 6) is -3.54. The highest BCUT2D eigenvalue weighted by Gasteiger charge is 2.73. The predicted octanol–water partition coefficient (Wildman–Crippen LogP) is 7.07. The van der Waals surface area contributed by atoms with Crippen molar-refractivity contribution in [1.82, 2.24) is 9.80 Å². The van der Waals surface area contributed by atoms with E-state index >= 15 is 0 Å². The Labute approximate surface area is 282 Å². The van der Waals surface area contributed by atoms with Gasteiger partial charge in [0, 0.05) is 43.3 Å². The van der Waals surface area contributed by atoms with Crippen LogP contribution >= 0.6 is 0 Å². The van der Waals surface area contributed by atoms with Crippen LogP contribution in [-0.4, -0.2) is 75.6 Å². The van der Waals surface area contributed by atoms with Crippen LogP contribution in [0.4, 0.5) is 39.5 Å². The number of carbonyl (C=O) groups is 1. The molecule has 1 saturated heterocycles. The van der Waals surface area contributed by atoms with Crippen LogP contribution in [-0.2, 0) is 36.3 Å². The second-order valence-corrected chi connectivity index (χ2v) is 14.7. The lowest BCUT2D eigenvalue weighted by Crippen LogP contribution is -2.56. The van der Waals surface area contributed by atoms with Gasteiger partial charge in [0.15, 0.2) is 9.84 Å². The van der Waals surface area contributed by atoms with E-state index in [9.17, 15) is 52.7 Å². The molecule has 6 nitrogen and oxygen atoms in total. The zero-order chi connectivity index (χ0) is 36.5. The number of hydrogen-bond acceptors (Lipinski definition) is 6. The van der Waals surface area contributed by atoms with Crippen molar-refractivity contribution < 1.29 is 57.5 Å². The predicted molar refractivity (Wildman–Crippen MR) is 163 cm³/mol. The lowest BCUT2D eigenvalue weighted by atomic mass is 9.79. The number of sulfone groups is 1. The van der Waals surface area contributed by atoms with Crippen molar-refractivity contribution in [3.05, 3.63) is 101 Å². The fraction of sp³-hybridized carbons (Fsp3) is 0.441. The first-order valence-corrected chi connectivity index (χ1v) is 17.2. The summed E-state index contributed by atoms with van der Waals surface area (Å²) >= 11 is 0. The Kier molecular flexibility index (Phi) is 10.8. The summed E-state index contributed by atoms with van der Waals surface area (Å²) in [6.45, 7) is 0.996. The van der Waals surface area contributed by atoms with E-state index in [-0.39, 0.29) is 35.9 Å². The van der Waals surface area contributed by atoms with Crippen molar-refractivity contribution in [2.45, 2.75) is 65.9 Å². The molecule has 1 saturated carbocycles. The highest BCUT2D eigenvalue weighted by Crippen LogP contribution is 2.54. The van der Waals surface area contributed by atoms with Crippen LogP contribution in [0.15, 0.2) is 71.6 Å². The van der Waals surface area contributed by atoms with E-state index in [4.69, 9.17) is 0 Å².